The van der Waals surface area contributed by atoms with Crippen LogP contribution in [0.1, 0.15) is 28.8 Å². The Balaban J connectivity index is 2.18. The topological polar surface area (TPSA) is 29.5 Å². The van der Waals surface area contributed by atoms with Crippen LogP contribution in [0.2, 0.25) is 0 Å². The summed E-state index contributed by atoms with van der Waals surface area (Å²) in [7, 11) is 1.65. The Labute approximate surface area is 96.0 Å². The van der Waals surface area contributed by atoms with E-state index in [1.54, 1.807) is 7.11 Å². The summed E-state index contributed by atoms with van der Waals surface area (Å²) in [5.41, 5.74) is 1.84. The van der Waals surface area contributed by atoms with Crippen LogP contribution < -0.4 is 4.74 Å². The third-order valence-electron chi connectivity index (χ3n) is 3.07. The summed E-state index contributed by atoms with van der Waals surface area (Å²) < 4.78 is 5.18. The van der Waals surface area contributed by atoms with Crippen molar-refractivity contribution in [3.8, 4) is 5.75 Å². The van der Waals surface area contributed by atoms with Crippen molar-refractivity contribution in [2.24, 2.45) is 0 Å². The third-order valence-corrected chi connectivity index (χ3v) is 3.07. The SMILES string of the molecule is COc1ccc(C=O)c(CN2CCCC2)c1. The minimum atomic E-state index is 0.771. The van der Waals surface area contributed by atoms with Gasteiger partial charge in [-0.1, -0.05) is 0 Å². The molecule has 1 aliphatic rings. The molecule has 3 nitrogen and oxygen atoms in total. The van der Waals surface area contributed by atoms with Gasteiger partial charge in [0.25, 0.3) is 0 Å². The maximum absolute atomic E-state index is 10.9. The van der Waals surface area contributed by atoms with Crippen LogP contribution in [-0.2, 0) is 6.54 Å². The highest BCUT2D eigenvalue weighted by molar-refractivity contribution is 5.77. The van der Waals surface area contributed by atoms with Gasteiger partial charge in [0.15, 0.2) is 0 Å². The molecule has 1 fully saturated rings. The van der Waals surface area contributed by atoms with Crippen LogP contribution in [0, 0.1) is 0 Å². The van der Waals surface area contributed by atoms with E-state index >= 15 is 0 Å². The predicted octanol–water partition coefficient (Wildman–Crippen LogP) is 2.10. The lowest BCUT2D eigenvalue weighted by Crippen LogP contribution is -2.19. The fraction of sp³-hybridized carbons (Fsp3) is 0.462. The summed E-state index contributed by atoms with van der Waals surface area (Å²) in [5, 5.41) is 0. The molecule has 1 heterocycles. The molecule has 0 aliphatic carbocycles. The number of aldehydes is 1. The Morgan fingerprint density at radius 3 is 2.75 bits per heavy atom. The van der Waals surface area contributed by atoms with Crippen molar-refractivity contribution in [3.05, 3.63) is 29.3 Å². The van der Waals surface area contributed by atoms with Crippen molar-refractivity contribution in [1.82, 2.24) is 4.90 Å². The lowest BCUT2D eigenvalue weighted by Gasteiger charge is -2.16. The molecular formula is C13H17NO2. The highest BCUT2D eigenvalue weighted by Crippen LogP contribution is 2.20. The second kappa shape index (κ2) is 5.12. The number of benzene rings is 1. The van der Waals surface area contributed by atoms with Crippen LogP contribution in [0.5, 0.6) is 5.75 Å². The quantitative estimate of drug-likeness (QED) is 0.726. The summed E-state index contributed by atoms with van der Waals surface area (Å²) in [5.74, 6) is 0.819. The van der Waals surface area contributed by atoms with Crippen molar-refractivity contribution in [2.75, 3.05) is 20.2 Å². The van der Waals surface area contributed by atoms with Gasteiger partial charge in [0.1, 0.15) is 12.0 Å². The summed E-state index contributed by atoms with van der Waals surface area (Å²) in [4.78, 5) is 13.3. The second-order valence-corrected chi connectivity index (χ2v) is 4.17. The van der Waals surface area contributed by atoms with Gasteiger partial charge >= 0.3 is 0 Å². The molecule has 2 rings (SSSR count). The van der Waals surface area contributed by atoms with Crippen molar-refractivity contribution in [3.63, 3.8) is 0 Å². The van der Waals surface area contributed by atoms with Crippen molar-refractivity contribution < 1.29 is 9.53 Å². The van der Waals surface area contributed by atoms with Crippen LogP contribution in [-0.4, -0.2) is 31.4 Å². The molecule has 0 saturated carbocycles. The average Bonchev–Trinajstić information content (AvgIpc) is 2.82. The van der Waals surface area contributed by atoms with E-state index in [9.17, 15) is 4.79 Å². The maximum Gasteiger partial charge on any atom is 0.150 e. The minimum absolute atomic E-state index is 0.771. The molecule has 1 saturated heterocycles. The van der Waals surface area contributed by atoms with Crippen LogP contribution in [0.25, 0.3) is 0 Å². The number of nitrogens with zero attached hydrogens (tertiary/aromatic N) is 1. The smallest absolute Gasteiger partial charge is 0.150 e. The number of likely N-dealkylation sites (tertiary alicyclic amines) is 1. The zero-order valence-electron chi connectivity index (χ0n) is 9.61. The number of hydrogen-bond donors (Lipinski definition) is 0. The first-order chi connectivity index (χ1) is 7.83. The summed E-state index contributed by atoms with van der Waals surface area (Å²) in [6.07, 6.45) is 3.45. The molecule has 0 unspecified atom stereocenters. The minimum Gasteiger partial charge on any atom is -0.497 e. The number of methoxy groups -OCH3 is 1. The predicted molar refractivity (Wildman–Crippen MR) is 62.9 cm³/mol. The van der Waals surface area contributed by atoms with E-state index in [4.69, 9.17) is 4.74 Å². The first-order valence-corrected chi connectivity index (χ1v) is 5.68. The third kappa shape index (κ3) is 2.42. The first kappa shape index (κ1) is 11.1. The lowest BCUT2D eigenvalue weighted by molar-refractivity contribution is 0.112. The molecule has 0 aromatic heterocycles. The van der Waals surface area contributed by atoms with Crippen LogP contribution in [0.4, 0.5) is 0 Å². The lowest BCUT2D eigenvalue weighted by atomic mass is 10.1. The molecule has 0 atom stereocenters. The molecule has 1 aromatic carbocycles. The maximum atomic E-state index is 10.9. The number of carbonyl (C=O) groups is 1. The largest absolute Gasteiger partial charge is 0.497 e. The average molecular weight is 219 g/mol. The van der Waals surface area contributed by atoms with E-state index in [1.165, 1.54) is 12.8 Å². The molecule has 1 aromatic rings. The fourth-order valence-electron chi connectivity index (χ4n) is 2.14. The van der Waals surface area contributed by atoms with Gasteiger partial charge in [0.2, 0.25) is 0 Å². The van der Waals surface area contributed by atoms with Gasteiger partial charge in [-0.15, -0.1) is 0 Å². The highest BCUT2D eigenvalue weighted by Gasteiger charge is 2.14. The molecule has 1 aliphatic heterocycles. The van der Waals surface area contributed by atoms with Crippen molar-refractivity contribution in [2.45, 2.75) is 19.4 Å². The van der Waals surface area contributed by atoms with Crippen LogP contribution in [0.3, 0.4) is 0 Å². The van der Waals surface area contributed by atoms with Crippen molar-refractivity contribution >= 4 is 6.29 Å². The molecule has 0 N–H and O–H groups in total. The molecule has 0 amide bonds. The van der Waals surface area contributed by atoms with Crippen LogP contribution in [0.15, 0.2) is 18.2 Å². The number of carbonyl (C=O) groups excluding carboxylic acids is 1. The van der Waals surface area contributed by atoms with E-state index in [2.05, 4.69) is 4.90 Å². The van der Waals surface area contributed by atoms with Gasteiger partial charge in [0, 0.05) is 12.1 Å². The van der Waals surface area contributed by atoms with Gasteiger partial charge < -0.3 is 4.74 Å². The van der Waals surface area contributed by atoms with Gasteiger partial charge in [-0.05, 0) is 49.7 Å². The van der Waals surface area contributed by atoms with Crippen LogP contribution >= 0.6 is 0 Å². The second-order valence-electron chi connectivity index (χ2n) is 4.17. The van der Waals surface area contributed by atoms with E-state index in [1.807, 2.05) is 18.2 Å². The molecular weight excluding hydrogens is 202 g/mol. The number of hydrogen-bond acceptors (Lipinski definition) is 3. The summed E-state index contributed by atoms with van der Waals surface area (Å²) in [6, 6.07) is 5.62. The zero-order chi connectivity index (χ0) is 11.4. The van der Waals surface area contributed by atoms with E-state index in [-0.39, 0.29) is 0 Å². The van der Waals surface area contributed by atoms with Gasteiger partial charge in [0.05, 0.1) is 7.11 Å². The molecule has 16 heavy (non-hydrogen) atoms. The Kier molecular flexibility index (Phi) is 3.57. The Morgan fingerprint density at radius 1 is 1.38 bits per heavy atom. The molecule has 0 radical (unpaired) electrons. The van der Waals surface area contributed by atoms with Gasteiger partial charge in [-0.2, -0.15) is 0 Å². The number of rotatable bonds is 4. The van der Waals surface area contributed by atoms with E-state index < -0.39 is 0 Å². The standard InChI is InChI=1S/C13H17NO2/c1-16-13-5-4-11(10-15)12(8-13)9-14-6-2-3-7-14/h4-5,8,10H,2-3,6-7,9H2,1H3. The zero-order valence-corrected chi connectivity index (χ0v) is 9.61. The van der Waals surface area contributed by atoms with E-state index in [0.29, 0.717) is 0 Å². The Hall–Kier alpha value is -1.35. The Bertz CT molecular complexity index is 370. The van der Waals surface area contributed by atoms with Crippen molar-refractivity contribution in [1.29, 1.82) is 0 Å². The molecule has 3 heteroatoms. The fourth-order valence-corrected chi connectivity index (χ4v) is 2.14. The molecule has 0 bridgehead atoms. The van der Waals surface area contributed by atoms with E-state index in [0.717, 1.165) is 42.8 Å². The number of ether oxygens (including phenoxy) is 1. The summed E-state index contributed by atoms with van der Waals surface area (Å²) in [6.45, 7) is 3.12. The Morgan fingerprint density at radius 2 is 2.12 bits per heavy atom. The summed E-state index contributed by atoms with van der Waals surface area (Å²) >= 11 is 0. The van der Waals surface area contributed by atoms with Gasteiger partial charge in [-0.3, -0.25) is 9.69 Å². The van der Waals surface area contributed by atoms with Gasteiger partial charge in [-0.25, -0.2) is 0 Å². The monoisotopic (exact) mass is 219 g/mol. The molecule has 0 spiro atoms. The highest BCUT2D eigenvalue weighted by atomic mass is 16.5. The first-order valence-electron chi connectivity index (χ1n) is 5.68. The normalized spacial score (nSPS) is 16.3. The molecule has 86 valence electrons.